The predicted molar refractivity (Wildman–Crippen MR) is 198 cm³/mol. The van der Waals surface area contributed by atoms with Gasteiger partial charge in [0.1, 0.15) is 0 Å². The SMILES string of the molecule is C1CCOC1.CC(/C=C(/C)[N-]c1c(C(C)C)cccc1C(C)C)=Nc1c(C(C)C)cccc1C(C)C.Cc1ccccc1.[Ca+2].[OH-]. The van der Waals surface area contributed by atoms with Crippen LogP contribution in [0.25, 0.3) is 5.32 Å². The van der Waals surface area contributed by atoms with Crippen molar-refractivity contribution in [3.05, 3.63) is 112 Å². The third-order valence-corrected chi connectivity index (χ3v) is 7.45. The van der Waals surface area contributed by atoms with Crippen molar-refractivity contribution < 1.29 is 10.2 Å². The summed E-state index contributed by atoms with van der Waals surface area (Å²) in [5.41, 5.74) is 10.8. The van der Waals surface area contributed by atoms with Crippen LogP contribution in [0.2, 0.25) is 0 Å². The maximum absolute atomic E-state index is 5.08. The Bertz CT molecular complexity index is 1250. The number of hydrogen-bond donors (Lipinski definition) is 0. The van der Waals surface area contributed by atoms with Crippen molar-refractivity contribution in [1.29, 1.82) is 0 Å². The maximum Gasteiger partial charge on any atom is 2.00 e. The number of hydrogen-bond acceptors (Lipinski definition) is 3. The minimum absolute atomic E-state index is 0. The molecule has 1 aliphatic heterocycles. The van der Waals surface area contributed by atoms with Crippen molar-refractivity contribution in [2.45, 2.75) is 113 Å². The minimum atomic E-state index is 0. The van der Waals surface area contributed by atoms with E-state index in [1.165, 1.54) is 40.7 Å². The Morgan fingerprint density at radius 1 is 0.667 bits per heavy atom. The molecule has 0 amide bonds. The van der Waals surface area contributed by atoms with Gasteiger partial charge in [0.15, 0.2) is 0 Å². The fraction of sp³-hybridized carbons (Fsp3) is 0.475. The van der Waals surface area contributed by atoms with Gasteiger partial charge in [0.25, 0.3) is 0 Å². The maximum atomic E-state index is 5.08. The molecule has 4 rings (SSSR count). The third-order valence-electron chi connectivity index (χ3n) is 7.45. The van der Waals surface area contributed by atoms with Crippen molar-refractivity contribution >= 4 is 54.8 Å². The zero-order chi connectivity index (χ0) is 31.9. The Morgan fingerprint density at radius 3 is 1.42 bits per heavy atom. The van der Waals surface area contributed by atoms with E-state index in [-0.39, 0.29) is 43.2 Å². The van der Waals surface area contributed by atoms with Gasteiger partial charge in [-0.05, 0) is 61.5 Å². The van der Waals surface area contributed by atoms with Gasteiger partial charge in [-0.3, -0.25) is 4.99 Å². The predicted octanol–water partition coefficient (Wildman–Crippen LogP) is 12.1. The van der Waals surface area contributed by atoms with Crippen molar-refractivity contribution in [1.82, 2.24) is 0 Å². The molecule has 0 bridgehead atoms. The number of aliphatic imine (C=N–C) groups is 1. The Labute approximate surface area is 305 Å². The van der Waals surface area contributed by atoms with Gasteiger partial charge in [-0.1, -0.05) is 152 Å². The summed E-state index contributed by atoms with van der Waals surface area (Å²) in [6.45, 7) is 26.1. The van der Waals surface area contributed by atoms with Crippen molar-refractivity contribution in [2.24, 2.45) is 4.99 Å². The molecule has 1 N–H and O–H groups in total. The van der Waals surface area contributed by atoms with Crippen LogP contribution in [0.1, 0.15) is 134 Å². The number of rotatable bonds is 8. The average Bonchev–Trinajstić information content (AvgIpc) is 3.54. The fourth-order valence-corrected chi connectivity index (χ4v) is 5.05. The minimum Gasteiger partial charge on any atom is -0.870 e. The quantitative estimate of drug-likeness (QED) is 0.182. The van der Waals surface area contributed by atoms with Crippen LogP contribution in [-0.2, 0) is 4.74 Å². The molecule has 0 atom stereocenters. The molecule has 45 heavy (non-hydrogen) atoms. The topological polar surface area (TPSA) is 65.7 Å². The molecule has 3 aromatic rings. The van der Waals surface area contributed by atoms with E-state index in [2.05, 4.69) is 131 Å². The standard InChI is InChI=1S/C29H41N2.C7H8.C4H8O.Ca.H2O/c1-18(2)24-13-11-14-25(19(3)4)28(24)30-22(9)17-23(10)31-29-26(20(5)6)15-12-16-27(29)21(7)8;1-7-5-3-2-4-6-7;1-2-4-5-3-1;;/h11-21H,1-10H3;2-6H,1H3;1-4H2;;1H2/q-1;;;+2;/p-1/b22-17-,31-23?;;;;. The van der Waals surface area contributed by atoms with Gasteiger partial charge in [-0.15, -0.1) is 5.69 Å². The number of benzene rings is 3. The second-order valence-electron chi connectivity index (χ2n) is 12.8. The molecule has 1 heterocycles. The first-order valence-electron chi connectivity index (χ1n) is 16.2. The second kappa shape index (κ2) is 22.6. The summed E-state index contributed by atoms with van der Waals surface area (Å²) in [6, 6.07) is 23.4. The Morgan fingerprint density at radius 2 is 1.09 bits per heavy atom. The fourth-order valence-electron chi connectivity index (χ4n) is 5.05. The Hall–Kier alpha value is -1.95. The Balaban J connectivity index is 0.00000114. The molecule has 0 saturated carbocycles. The van der Waals surface area contributed by atoms with Gasteiger partial charge >= 0.3 is 37.7 Å². The molecule has 5 heteroatoms. The molecule has 1 aliphatic rings. The summed E-state index contributed by atoms with van der Waals surface area (Å²) in [5, 5.41) is 5.08. The molecule has 0 aliphatic carbocycles. The van der Waals surface area contributed by atoms with Crippen LogP contribution in [0.4, 0.5) is 11.4 Å². The van der Waals surface area contributed by atoms with E-state index in [1.54, 1.807) is 0 Å². The monoisotopic (exact) mass is 638 g/mol. The molecular weight excluding hydrogens is 581 g/mol. The number of para-hydroxylation sites is 2. The van der Waals surface area contributed by atoms with E-state index in [9.17, 15) is 0 Å². The molecule has 242 valence electrons. The molecular formula is C40H58CaN2O2. The largest absolute Gasteiger partial charge is 2.00 e. The van der Waals surface area contributed by atoms with Crippen LogP contribution in [0, 0.1) is 6.92 Å². The van der Waals surface area contributed by atoms with Gasteiger partial charge < -0.3 is 15.5 Å². The van der Waals surface area contributed by atoms with Crippen LogP contribution in [-0.4, -0.2) is 62.1 Å². The third kappa shape index (κ3) is 15.0. The zero-order valence-electron chi connectivity index (χ0n) is 30.0. The van der Waals surface area contributed by atoms with Crippen LogP contribution in [0.3, 0.4) is 0 Å². The van der Waals surface area contributed by atoms with Crippen LogP contribution < -0.4 is 0 Å². The molecule has 0 unspecified atom stereocenters. The van der Waals surface area contributed by atoms with Crippen LogP contribution in [0.15, 0.2) is 83.5 Å². The smallest absolute Gasteiger partial charge is 0.870 e. The van der Waals surface area contributed by atoms with Crippen molar-refractivity contribution in [3.8, 4) is 0 Å². The first kappa shape index (κ1) is 43.0. The summed E-state index contributed by atoms with van der Waals surface area (Å²) in [5.74, 6) is 1.75. The normalized spacial score (nSPS) is 13.0. The van der Waals surface area contributed by atoms with Gasteiger partial charge in [0, 0.05) is 18.9 Å². The first-order valence-corrected chi connectivity index (χ1v) is 16.2. The summed E-state index contributed by atoms with van der Waals surface area (Å²) in [4.78, 5) is 5.08. The van der Waals surface area contributed by atoms with E-state index < -0.39 is 0 Å². The Kier molecular flexibility index (Phi) is 21.6. The first-order chi connectivity index (χ1) is 20.4. The van der Waals surface area contributed by atoms with E-state index >= 15 is 0 Å². The number of allylic oxidation sites excluding steroid dienone is 2. The molecule has 0 radical (unpaired) electrons. The van der Waals surface area contributed by atoms with Gasteiger partial charge in [0.2, 0.25) is 0 Å². The number of aryl methyl sites for hydroxylation is 1. The summed E-state index contributed by atoms with van der Waals surface area (Å²) in [7, 11) is 0. The molecule has 0 spiro atoms. The average molecular weight is 639 g/mol. The van der Waals surface area contributed by atoms with Crippen molar-refractivity contribution in [2.75, 3.05) is 13.2 Å². The summed E-state index contributed by atoms with van der Waals surface area (Å²) in [6.07, 6.45) is 4.67. The van der Waals surface area contributed by atoms with Gasteiger partial charge in [-0.2, -0.15) is 5.70 Å². The molecule has 4 nitrogen and oxygen atoms in total. The van der Waals surface area contributed by atoms with E-state index in [0.29, 0.717) is 23.7 Å². The van der Waals surface area contributed by atoms with Gasteiger partial charge in [-0.25, -0.2) is 0 Å². The number of ether oxygens (including phenoxy) is 1. The van der Waals surface area contributed by atoms with Crippen LogP contribution >= 0.6 is 0 Å². The van der Waals surface area contributed by atoms with Gasteiger partial charge in [0.05, 0.1) is 5.69 Å². The summed E-state index contributed by atoms with van der Waals surface area (Å²) >= 11 is 0. The number of nitrogens with zero attached hydrogens (tertiary/aromatic N) is 2. The van der Waals surface area contributed by atoms with E-state index in [4.69, 9.17) is 15.0 Å². The van der Waals surface area contributed by atoms with Crippen molar-refractivity contribution in [3.63, 3.8) is 0 Å². The van der Waals surface area contributed by atoms with E-state index in [0.717, 1.165) is 36.0 Å². The zero-order valence-corrected chi connectivity index (χ0v) is 32.2. The van der Waals surface area contributed by atoms with Crippen LogP contribution in [0.5, 0.6) is 0 Å². The second-order valence-corrected chi connectivity index (χ2v) is 12.8. The molecule has 0 aromatic heterocycles. The molecule has 1 saturated heterocycles. The van der Waals surface area contributed by atoms with E-state index in [1.807, 2.05) is 18.2 Å². The summed E-state index contributed by atoms with van der Waals surface area (Å²) < 4.78 is 4.94. The molecule has 3 aromatic carbocycles. The molecule has 1 fully saturated rings.